The Morgan fingerprint density at radius 3 is 3.10 bits per heavy atom. The number of aryl methyl sites for hydroxylation is 1. The Morgan fingerprint density at radius 2 is 2.25 bits per heavy atom. The van der Waals surface area contributed by atoms with Crippen molar-refractivity contribution in [3.8, 4) is 0 Å². The molecule has 1 aromatic heterocycles. The van der Waals surface area contributed by atoms with Gasteiger partial charge in [0, 0.05) is 0 Å². The lowest BCUT2D eigenvalue weighted by molar-refractivity contribution is -0.904. The minimum absolute atomic E-state index is 0.181. The number of quaternary nitrogens is 1. The van der Waals surface area contributed by atoms with Gasteiger partial charge in [0.15, 0.2) is 0 Å². The highest BCUT2D eigenvalue weighted by atomic mass is 32.1. The molecule has 4 heteroatoms. The smallest absolute Gasteiger partial charge is 0.262 e. The SMILES string of the molecule is CC[NH+]1CCC[C@@H](NC(=O)c2scc3c2CCCC3)C1. The van der Waals surface area contributed by atoms with E-state index in [1.165, 1.54) is 43.5 Å². The number of likely N-dealkylation sites (tertiary alicyclic amines) is 1. The zero-order valence-corrected chi connectivity index (χ0v) is 13.2. The van der Waals surface area contributed by atoms with E-state index < -0.39 is 0 Å². The summed E-state index contributed by atoms with van der Waals surface area (Å²) in [4.78, 5) is 15.1. The Kier molecular flexibility index (Phi) is 4.41. The second-order valence-corrected chi connectivity index (χ2v) is 7.03. The Morgan fingerprint density at radius 1 is 1.40 bits per heavy atom. The molecule has 1 aliphatic heterocycles. The van der Waals surface area contributed by atoms with Crippen molar-refractivity contribution in [3.05, 3.63) is 21.4 Å². The molecule has 0 radical (unpaired) electrons. The van der Waals surface area contributed by atoms with Crippen molar-refractivity contribution in [1.82, 2.24) is 5.32 Å². The van der Waals surface area contributed by atoms with E-state index in [0.29, 0.717) is 6.04 Å². The van der Waals surface area contributed by atoms with Crippen molar-refractivity contribution in [1.29, 1.82) is 0 Å². The molecule has 1 aromatic rings. The summed E-state index contributed by atoms with van der Waals surface area (Å²) in [6, 6.07) is 0.368. The summed E-state index contributed by atoms with van der Waals surface area (Å²) in [5, 5.41) is 5.49. The largest absolute Gasteiger partial charge is 0.343 e. The Bertz CT molecular complexity index is 483. The average molecular weight is 293 g/mol. The van der Waals surface area contributed by atoms with Crippen LogP contribution in [0.5, 0.6) is 0 Å². The van der Waals surface area contributed by atoms with Gasteiger partial charge in [0.05, 0.1) is 30.6 Å². The van der Waals surface area contributed by atoms with Crippen LogP contribution in [0.3, 0.4) is 0 Å². The molecule has 1 unspecified atom stereocenters. The van der Waals surface area contributed by atoms with Crippen molar-refractivity contribution in [2.75, 3.05) is 19.6 Å². The predicted molar refractivity (Wildman–Crippen MR) is 82.7 cm³/mol. The minimum atomic E-state index is 0.181. The lowest BCUT2D eigenvalue weighted by Gasteiger charge is -2.29. The molecule has 2 aliphatic rings. The molecule has 20 heavy (non-hydrogen) atoms. The van der Waals surface area contributed by atoms with E-state index in [1.54, 1.807) is 16.2 Å². The first-order valence-electron chi connectivity index (χ1n) is 8.01. The van der Waals surface area contributed by atoms with E-state index in [0.717, 1.165) is 30.7 Å². The molecule has 2 atom stereocenters. The molecule has 1 amide bonds. The van der Waals surface area contributed by atoms with E-state index in [4.69, 9.17) is 0 Å². The molecule has 0 aromatic carbocycles. The van der Waals surface area contributed by atoms with E-state index in [2.05, 4.69) is 17.6 Å². The van der Waals surface area contributed by atoms with Crippen molar-refractivity contribution in [2.24, 2.45) is 0 Å². The maximum absolute atomic E-state index is 12.5. The number of fused-ring (bicyclic) bond motifs is 1. The van der Waals surface area contributed by atoms with Crippen molar-refractivity contribution >= 4 is 17.2 Å². The fraction of sp³-hybridized carbons (Fsp3) is 0.688. The first kappa shape index (κ1) is 14.1. The first-order chi connectivity index (χ1) is 9.78. The second-order valence-electron chi connectivity index (χ2n) is 6.15. The number of thiophene rings is 1. The number of likely N-dealkylation sites (N-methyl/N-ethyl adjacent to an activating group) is 1. The highest BCUT2D eigenvalue weighted by Crippen LogP contribution is 2.29. The normalized spacial score (nSPS) is 26.1. The first-order valence-corrected chi connectivity index (χ1v) is 8.89. The van der Waals surface area contributed by atoms with Crippen LogP contribution in [-0.4, -0.2) is 31.6 Å². The zero-order chi connectivity index (χ0) is 13.9. The van der Waals surface area contributed by atoms with Crippen LogP contribution in [0.4, 0.5) is 0 Å². The number of amides is 1. The minimum Gasteiger partial charge on any atom is -0.343 e. The third-order valence-corrected chi connectivity index (χ3v) is 5.83. The monoisotopic (exact) mass is 293 g/mol. The van der Waals surface area contributed by atoms with Crippen molar-refractivity contribution in [2.45, 2.75) is 51.5 Å². The second kappa shape index (κ2) is 6.27. The Balaban J connectivity index is 1.66. The van der Waals surface area contributed by atoms with E-state index in [-0.39, 0.29) is 5.91 Å². The molecule has 2 heterocycles. The Hall–Kier alpha value is -0.870. The summed E-state index contributed by atoms with van der Waals surface area (Å²) >= 11 is 1.65. The number of hydrogen-bond acceptors (Lipinski definition) is 2. The van der Waals surface area contributed by atoms with Gasteiger partial charge in [-0.2, -0.15) is 0 Å². The van der Waals surface area contributed by atoms with Crippen molar-refractivity contribution in [3.63, 3.8) is 0 Å². The van der Waals surface area contributed by atoms with Crippen LogP contribution in [-0.2, 0) is 12.8 Å². The number of piperidine rings is 1. The van der Waals surface area contributed by atoms with E-state index in [9.17, 15) is 4.79 Å². The maximum Gasteiger partial charge on any atom is 0.262 e. The van der Waals surface area contributed by atoms with Gasteiger partial charge >= 0.3 is 0 Å². The molecule has 110 valence electrons. The van der Waals surface area contributed by atoms with Gasteiger partial charge < -0.3 is 10.2 Å². The summed E-state index contributed by atoms with van der Waals surface area (Å²) in [5.74, 6) is 0.181. The number of hydrogen-bond donors (Lipinski definition) is 2. The number of rotatable bonds is 3. The number of nitrogens with one attached hydrogen (secondary N) is 2. The molecule has 1 aliphatic carbocycles. The molecule has 0 bridgehead atoms. The van der Waals surface area contributed by atoms with Gasteiger partial charge in [-0.15, -0.1) is 11.3 Å². The van der Waals surface area contributed by atoms with Crippen LogP contribution in [0.2, 0.25) is 0 Å². The average Bonchev–Trinajstić information content (AvgIpc) is 2.91. The summed E-state index contributed by atoms with van der Waals surface area (Å²) in [6.07, 6.45) is 7.15. The highest BCUT2D eigenvalue weighted by molar-refractivity contribution is 7.12. The van der Waals surface area contributed by atoms with Crippen LogP contribution < -0.4 is 10.2 Å². The van der Waals surface area contributed by atoms with E-state index in [1.807, 2.05) is 0 Å². The fourth-order valence-corrected chi connectivity index (χ4v) is 4.62. The lowest BCUT2D eigenvalue weighted by Crippen LogP contribution is -3.14. The Labute approximate surface area is 125 Å². The van der Waals surface area contributed by atoms with Crippen LogP contribution in [0.25, 0.3) is 0 Å². The molecule has 1 fully saturated rings. The van der Waals surface area contributed by atoms with Crippen LogP contribution >= 0.6 is 11.3 Å². The summed E-state index contributed by atoms with van der Waals surface area (Å²) in [5.41, 5.74) is 2.77. The lowest BCUT2D eigenvalue weighted by atomic mass is 9.93. The molecule has 0 saturated carbocycles. The molecule has 3 nitrogen and oxygen atoms in total. The van der Waals surface area contributed by atoms with Gasteiger partial charge in [0.25, 0.3) is 5.91 Å². The summed E-state index contributed by atoms with van der Waals surface area (Å²) in [7, 11) is 0. The summed E-state index contributed by atoms with van der Waals surface area (Å²) in [6.45, 7) is 5.75. The molecular weight excluding hydrogens is 268 g/mol. The maximum atomic E-state index is 12.5. The van der Waals surface area contributed by atoms with Gasteiger partial charge in [-0.3, -0.25) is 4.79 Å². The van der Waals surface area contributed by atoms with Crippen LogP contribution in [0.15, 0.2) is 5.38 Å². The number of carbonyl (C=O) groups is 1. The molecule has 3 rings (SSSR count). The van der Waals surface area contributed by atoms with Crippen LogP contribution in [0, 0.1) is 0 Å². The topological polar surface area (TPSA) is 33.5 Å². The van der Waals surface area contributed by atoms with Crippen LogP contribution in [0.1, 0.15) is 53.4 Å². The van der Waals surface area contributed by atoms with Crippen molar-refractivity contribution < 1.29 is 9.69 Å². The standard InChI is InChI=1S/C16H24N2OS/c1-2-18-9-5-7-13(10-18)17-16(19)15-14-8-4-3-6-12(14)11-20-15/h11,13H,2-10H2,1H3,(H,17,19)/p+1/t13-/m1/s1. The van der Waals surface area contributed by atoms with Gasteiger partial charge in [-0.05, 0) is 62.0 Å². The molecule has 0 spiro atoms. The highest BCUT2D eigenvalue weighted by Gasteiger charge is 2.26. The quantitative estimate of drug-likeness (QED) is 0.868. The van der Waals surface area contributed by atoms with Gasteiger partial charge in [-0.1, -0.05) is 0 Å². The summed E-state index contributed by atoms with van der Waals surface area (Å²) < 4.78 is 0. The zero-order valence-electron chi connectivity index (χ0n) is 12.3. The third kappa shape index (κ3) is 2.91. The van der Waals surface area contributed by atoms with Gasteiger partial charge in [0.2, 0.25) is 0 Å². The predicted octanol–water partition coefficient (Wildman–Crippen LogP) is 1.42. The number of carbonyl (C=O) groups excluding carboxylic acids is 1. The molecular formula is C16H25N2OS+. The van der Waals surface area contributed by atoms with E-state index >= 15 is 0 Å². The van der Waals surface area contributed by atoms with Gasteiger partial charge in [-0.25, -0.2) is 0 Å². The molecule has 2 N–H and O–H groups in total. The third-order valence-electron chi connectivity index (χ3n) is 4.76. The fourth-order valence-electron chi connectivity index (χ4n) is 3.56. The molecule has 1 saturated heterocycles. The van der Waals surface area contributed by atoms with Gasteiger partial charge in [0.1, 0.15) is 0 Å².